The zero-order valence-electron chi connectivity index (χ0n) is 12.2. The fourth-order valence-electron chi connectivity index (χ4n) is 1.83. The highest BCUT2D eigenvalue weighted by Crippen LogP contribution is 2.30. The lowest BCUT2D eigenvalue weighted by molar-refractivity contribution is -0.119. The number of thiophene rings is 1. The summed E-state index contributed by atoms with van der Waals surface area (Å²) in [6.07, 6.45) is 2.84. The van der Waals surface area contributed by atoms with Gasteiger partial charge in [0.1, 0.15) is 6.26 Å². The van der Waals surface area contributed by atoms with Crippen molar-refractivity contribution in [2.45, 2.75) is 13.5 Å². The first-order valence-electron chi connectivity index (χ1n) is 6.74. The largest absolute Gasteiger partial charge is 0.472 e. The van der Waals surface area contributed by atoms with Gasteiger partial charge < -0.3 is 9.73 Å². The van der Waals surface area contributed by atoms with Crippen molar-refractivity contribution in [2.75, 3.05) is 5.32 Å². The normalized spacial score (nSPS) is 10.5. The van der Waals surface area contributed by atoms with Crippen molar-refractivity contribution in [2.24, 2.45) is 0 Å². The third-order valence-corrected chi connectivity index (χ3v) is 4.80. The lowest BCUT2D eigenvalue weighted by Gasteiger charge is -1.98. The van der Waals surface area contributed by atoms with Gasteiger partial charge in [-0.3, -0.25) is 14.9 Å². The molecule has 0 saturated carbocycles. The number of carbonyl (C=O) groups is 2. The van der Waals surface area contributed by atoms with E-state index in [0.717, 1.165) is 15.4 Å². The van der Waals surface area contributed by atoms with Crippen LogP contribution in [0, 0.1) is 0 Å². The number of hydrogen-bond acceptors (Lipinski definition) is 6. The third kappa shape index (κ3) is 3.85. The Balaban J connectivity index is 1.67. The molecule has 2 amide bonds. The SMILES string of the molecule is CC(=O)NCc1ccc(-c2csc(NC(=O)c3ccoc3)n2)s1. The maximum Gasteiger partial charge on any atom is 0.260 e. The van der Waals surface area contributed by atoms with Gasteiger partial charge in [0.15, 0.2) is 5.13 Å². The van der Waals surface area contributed by atoms with E-state index in [-0.39, 0.29) is 11.8 Å². The van der Waals surface area contributed by atoms with Gasteiger partial charge in [-0.15, -0.1) is 22.7 Å². The van der Waals surface area contributed by atoms with E-state index < -0.39 is 0 Å². The third-order valence-electron chi connectivity index (χ3n) is 2.93. The summed E-state index contributed by atoms with van der Waals surface area (Å²) in [6.45, 7) is 2.00. The summed E-state index contributed by atoms with van der Waals surface area (Å²) >= 11 is 2.92. The van der Waals surface area contributed by atoms with E-state index >= 15 is 0 Å². The quantitative estimate of drug-likeness (QED) is 0.741. The molecule has 0 bridgehead atoms. The second-order valence-electron chi connectivity index (χ2n) is 4.68. The molecule has 8 heteroatoms. The van der Waals surface area contributed by atoms with Gasteiger partial charge >= 0.3 is 0 Å². The smallest absolute Gasteiger partial charge is 0.260 e. The average molecular weight is 347 g/mol. The van der Waals surface area contributed by atoms with Crippen LogP contribution < -0.4 is 10.6 Å². The molecule has 0 aliphatic carbocycles. The molecule has 0 spiro atoms. The zero-order chi connectivity index (χ0) is 16.2. The van der Waals surface area contributed by atoms with Crippen LogP contribution in [0.5, 0.6) is 0 Å². The Bertz CT molecular complexity index is 821. The Labute approximate surface area is 140 Å². The lowest BCUT2D eigenvalue weighted by Crippen LogP contribution is -2.17. The number of anilines is 1. The molecular weight excluding hydrogens is 334 g/mol. The Hall–Kier alpha value is -2.45. The summed E-state index contributed by atoms with van der Waals surface area (Å²) in [4.78, 5) is 29.3. The van der Waals surface area contributed by atoms with Crippen molar-refractivity contribution in [3.05, 3.63) is 46.5 Å². The van der Waals surface area contributed by atoms with Crippen LogP contribution in [0.15, 0.2) is 40.5 Å². The molecule has 0 aliphatic heterocycles. The summed E-state index contributed by atoms with van der Waals surface area (Å²) in [7, 11) is 0. The van der Waals surface area contributed by atoms with Gasteiger partial charge in [-0.2, -0.15) is 0 Å². The Morgan fingerprint density at radius 3 is 2.91 bits per heavy atom. The summed E-state index contributed by atoms with van der Waals surface area (Å²) < 4.78 is 4.88. The molecule has 6 nitrogen and oxygen atoms in total. The number of rotatable bonds is 5. The first kappa shape index (κ1) is 15.4. The van der Waals surface area contributed by atoms with Crippen LogP contribution in [0.3, 0.4) is 0 Å². The predicted molar refractivity (Wildman–Crippen MR) is 89.6 cm³/mol. The van der Waals surface area contributed by atoms with E-state index in [1.165, 1.54) is 30.8 Å². The maximum absolute atomic E-state index is 11.9. The van der Waals surface area contributed by atoms with Gasteiger partial charge in [-0.05, 0) is 18.2 Å². The van der Waals surface area contributed by atoms with Crippen molar-refractivity contribution >= 4 is 39.6 Å². The molecule has 0 saturated heterocycles. The van der Waals surface area contributed by atoms with Gasteiger partial charge in [0.2, 0.25) is 5.91 Å². The van der Waals surface area contributed by atoms with Crippen LogP contribution in [0.25, 0.3) is 10.6 Å². The number of nitrogens with zero attached hydrogens (tertiary/aromatic N) is 1. The van der Waals surface area contributed by atoms with Gasteiger partial charge in [0.25, 0.3) is 5.91 Å². The van der Waals surface area contributed by atoms with Crippen molar-refractivity contribution in [1.29, 1.82) is 0 Å². The molecule has 0 atom stereocenters. The second kappa shape index (κ2) is 6.76. The molecular formula is C15H13N3O3S2. The molecule has 3 rings (SSSR count). The highest BCUT2D eigenvalue weighted by atomic mass is 32.1. The standard InChI is InChI=1S/C15H13N3O3S2/c1-9(19)16-6-11-2-3-13(23-11)12-8-22-15(17-12)18-14(20)10-4-5-21-7-10/h2-5,7-8H,6H2,1H3,(H,16,19)(H,17,18,20). The van der Waals surface area contributed by atoms with Gasteiger partial charge in [-0.1, -0.05) is 0 Å². The van der Waals surface area contributed by atoms with Crippen molar-refractivity contribution in [3.63, 3.8) is 0 Å². The molecule has 0 aliphatic rings. The molecule has 3 heterocycles. The second-order valence-corrected chi connectivity index (χ2v) is 6.71. The topological polar surface area (TPSA) is 84.2 Å². The summed E-state index contributed by atoms with van der Waals surface area (Å²) in [5.41, 5.74) is 1.26. The van der Waals surface area contributed by atoms with Crippen molar-refractivity contribution in [1.82, 2.24) is 10.3 Å². The molecule has 23 heavy (non-hydrogen) atoms. The number of amides is 2. The fraction of sp³-hybridized carbons (Fsp3) is 0.133. The van der Waals surface area contributed by atoms with E-state index in [2.05, 4.69) is 15.6 Å². The number of aromatic nitrogens is 1. The van der Waals surface area contributed by atoms with Crippen molar-refractivity contribution in [3.8, 4) is 10.6 Å². The number of nitrogens with one attached hydrogen (secondary N) is 2. The molecule has 3 aromatic heterocycles. The minimum absolute atomic E-state index is 0.0575. The lowest BCUT2D eigenvalue weighted by atomic mass is 10.3. The van der Waals surface area contributed by atoms with E-state index in [1.54, 1.807) is 17.4 Å². The van der Waals surface area contributed by atoms with Crippen LogP contribution in [-0.4, -0.2) is 16.8 Å². The van der Waals surface area contributed by atoms with Gasteiger partial charge in [-0.25, -0.2) is 4.98 Å². The Kier molecular flexibility index (Phi) is 4.54. The molecule has 2 N–H and O–H groups in total. The van der Waals surface area contributed by atoms with Crippen LogP contribution >= 0.6 is 22.7 Å². The minimum Gasteiger partial charge on any atom is -0.472 e. The molecule has 118 valence electrons. The van der Waals surface area contributed by atoms with Crippen LogP contribution in [0.4, 0.5) is 5.13 Å². The highest BCUT2D eigenvalue weighted by molar-refractivity contribution is 7.17. The first-order chi connectivity index (χ1) is 11.1. The highest BCUT2D eigenvalue weighted by Gasteiger charge is 2.12. The van der Waals surface area contributed by atoms with E-state index in [4.69, 9.17) is 4.42 Å². The number of thiazole rings is 1. The monoisotopic (exact) mass is 347 g/mol. The van der Waals surface area contributed by atoms with Gasteiger partial charge in [0.05, 0.1) is 28.9 Å². The predicted octanol–water partition coefficient (Wildman–Crippen LogP) is 3.35. The number of carbonyl (C=O) groups excluding carboxylic acids is 2. The summed E-state index contributed by atoms with van der Waals surface area (Å²) in [5.74, 6) is -0.310. The number of furan rings is 1. The van der Waals surface area contributed by atoms with Crippen LogP contribution in [0.1, 0.15) is 22.2 Å². The molecule has 0 fully saturated rings. The van der Waals surface area contributed by atoms with E-state index in [1.807, 2.05) is 17.5 Å². The van der Waals surface area contributed by atoms with Crippen LogP contribution in [-0.2, 0) is 11.3 Å². The fourth-order valence-corrected chi connectivity index (χ4v) is 3.52. The summed E-state index contributed by atoms with van der Waals surface area (Å²) in [6, 6.07) is 5.51. The zero-order valence-corrected chi connectivity index (χ0v) is 13.8. The average Bonchev–Trinajstić information content (AvgIpc) is 3.25. The Morgan fingerprint density at radius 2 is 2.17 bits per heavy atom. The summed E-state index contributed by atoms with van der Waals surface area (Å²) in [5, 5.41) is 7.92. The molecule has 0 unspecified atom stereocenters. The molecule has 0 aromatic carbocycles. The van der Waals surface area contributed by atoms with Crippen molar-refractivity contribution < 1.29 is 14.0 Å². The maximum atomic E-state index is 11.9. The van der Waals surface area contributed by atoms with Crippen LogP contribution in [0.2, 0.25) is 0 Å². The first-order valence-corrected chi connectivity index (χ1v) is 8.44. The molecule has 0 radical (unpaired) electrons. The van der Waals surface area contributed by atoms with Gasteiger partial charge in [0, 0.05) is 17.2 Å². The minimum atomic E-state index is -0.253. The molecule has 3 aromatic rings. The van der Waals surface area contributed by atoms with E-state index in [0.29, 0.717) is 17.2 Å². The number of hydrogen-bond donors (Lipinski definition) is 2. The van der Waals surface area contributed by atoms with E-state index in [9.17, 15) is 9.59 Å². The Morgan fingerprint density at radius 1 is 1.30 bits per heavy atom.